The van der Waals surface area contributed by atoms with Crippen molar-refractivity contribution in [3.8, 4) is 5.75 Å². The minimum Gasteiger partial charge on any atom is -0.507 e. The summed E-state index contributed by atoms with van der Waals surface area (Å²) in [5.74, 6) is -0.01000. The number of esters is 1. The zero-order chi connectivity index (χ0) is 17.5. The maximum Gasteiger partial charge on any atom is 0.333 e. The molecule has 1 unspecified atom stereocenters. The van der Waals surface area contributed by atoms with Crippen LogP contribution >= 0.6 is 0 Å². The van der Waals surface area contributed by atoms with E-state index >= 15 is 0 Å². The molecule has 1 aliphatic carbocycles. The molecule has 3 rings (SSSR count). The van der Waals surface area contributed by atoms with E-state index < -0.39 is 0 Å². The number of benzene rings is 2. The highest BCUT2D eigenvalue weighted by Crippen LogP contribution is 2.33. The molecule has 0 heterocycles. The monoisotopic (exact) mass is 322 g/mol. The van der Waals surface area contributed by atoms with Crippen LogP contribution in [0.15, 0.2) is 67.3 Å². The number of phenols is 1. The molecule has 2 aromatic rings. The quantitative estimate of drug-likeness (QED) is 0.650. The molecule has 24 heavy (non-hydrogen) atoms. The van der Waals surface area contributed by atoms with Crippen molar-refractivity contribution >= 4 is 12.0 Å². The third kappa shape index (κ3) is 4.35. The van der Waals surface area contributed by atoms with Crippen LogP contribution in [0.25, 0.3) is 6.08 Å². The normalized spacial score (nSPS) is 14.8. The number of aromatic hydroxyl groups is 1. The fourth-order valence-electron chi connectivity index (χ4n) is 2.53. The fourth-order valence-corrected chi connectivity index (χ4v) is 2.53. The molecule has 2 aromatic carbocycles. The second-order valence-electron chi connectivity index (χ2n) is 5.67. The summed E-state index contributed by atoms with van der Waals surface area (Å²) in [7, 11) is 0. The molecule has 1 N–H and O–H groups in total. The summed E-state index contributed by atoms with van der Waals surface area (Å²) in [6.45, 7) is 8.78. The van der Waals surface area contributed by atoms with Gasteiger partial charge in [0, 0.05) is 11.1 Å². The summed E-state index contributed by atoms with van der Waals surface area (Å²) in [6.07, 6.45) is 3.42. The Labute approximate surface area is 142 Å². The number of hydrogen-bond donors (Lipinski definition) is 1. The van der Waals surface area contributed by atoms with Gasteiger partial charge in [-0.1, -0.05) is 61.7 Å². The number of rotatable bonds is 3. The second kappa shape index (κ2) is 8.16. The Balaban J connectivity index is 0.000000198. The first kappa shape index (κ1) is 17.5. The summed E-state index contributed by atoms with van der Waals surface area (Å²) < 4.78 is 5.36. The summed E-state index contributed by atoms with van der Waals surface area (Å²) in [6, 6.07) is 15.2. The molecule has 3 nitrogen and oxygen atoms in total. The van der Waals surface area contributed by atoms with E-state index in [4.69, 9.17) is 9.84 Å². The van der Waals surface area contributed by atoms with E-state index in [9.17, 15) is 4.79 Å². The molecule has 0 spiro atoms. The second-order valence-corrected chi connectivity index (χ2v) is 5.67. The maximum atomic E-state index is 11.4. The van der Waals surface area contributed by atoms with Crippen LogP contribution in [0.4, 0.5) is 0 Å². The van der Waals surface area contributed by atoms with Crippen molar-refractivity contribution in [3.05, 3.63) is 84.0 Å². The molecule has 1 atom stereocenters. The fraction of sp³-hybridized carbons (Fsp3) is 0.190. The van der Waals surface area contributed by atoms with Gasteiger partial charge in [-0.15, -0.1) is 0 Å². The van der Waals surface area contributed by atoms with Gasteiger partial charge in [0.25, 0.3) is 0 Å². The summed E-state index contributed by atoms with van der Waals surface area (Å²) >= 11 is 0. The first-order valence-corrected chi connectivity index (χ1v) is 7.87. The highest BCUT2D eigenvalue weighted by molar-refractivity contribution is 5.87. The third-order valence-corrected chi connectivity index (χ3v) is 3.83. The van der Waals surface area contributed by atoms with Crippen molar-refractivity contribution in [2.75, 3.05) is 0 Å². The van der Waals surface area contributed by atoms with Crippen LogP contribution in [0.1, 0.15) is 36.1 Å². The van der Waals surface area contributed by atoms with Gasteiger partial charge in [-0.3, -0.25) is 0 Å². The zero-order valence-electron chi connectivity index (χ0n) is 13.9. The minimum absolute atomic E-state index is 0.0783. The Morgan fingerprint density at radius 3 is 2.50 bits per heavy atom. The van der Waals surface area contributed by atoms with Crippen molar-refractivity contribution < 1.29 is 14.6 Å². The largest absolute Gasteiger partial charge is 0.507 e. The van der Waals surface area contributed by atoms with E-state index in [2.05, 4.69) is 19.2 Å². The minimum atomic E-state index is -0.295. The van der Waals surface area contributed by atoms with Crippen molar-refractivity contribution in [1.82, 2.24) is 0 Å². The number of hydrogen-bond acceptors (Lipinski definition) is 3. The highest BCUT2D eigenvalue weighted by Gasteiger charge is 2.25. The Bertz CT molecular complexity index is 746. The molecular weight excluding hydrogens is 300 g/mol. The molecule has 0 saturated heterocycles. The Hall–Kier alpha value is -2.81. The Morgan fingerprint density at radius 1 is 1.21 bits per heavy atom. The smallest absolute Gasteiger partial charge is 0.333 e. The number of aryl methyl sites for hydroxylation is 1. The van der Waals surface area contributed by atoms with Gasteiger partial charge < -0.3 is 9.84 Å². The summed E-state index contributed by atoms with van der Waals surface area (Å²) in [4.78, 5) is 11.4. The molecule has 1 aliphatic rings. The van der Waals surface area contributed by atoms with Crippen molar-refractivity contribution in [3.63, 3.8) is 0 Å². The van der Waals surface area contributed by atoms with Gasteiger partial charge in [-0.2, -0.15) is 0 Å². The van der Waals surface area contributed by atoms with Crippen LogP contribution in [-0.4, -0.2) is 11.1 Å². The van der Waals surface area contributed by atoms with Crippen LogP contribution in [0.2, 0.25) is 0 Å². The predicted molar refractivity (Wildman–Crippen MR) is 96.6 cm³/mol. The number of fused-ring (bicyclic) bond motifs is 1. The van der Waals surface area contributed by atoms with E-state index in [-0.39, 0.29) is 17.8 Å². The topological polar surface area (TPSA) is 46.5 Å². The molecule has 3 heteroatoms. The average Bonchev–Trinajstić information content (AvgIpc) is 2.99. The first-order valence-electron chi connectivity index (χ1n) is 7.87. The van der Waals surface area contributed by atoms with E-state index in [1.807, 2.05) is 30.3 Å². The lowest BCUT2D eigenvalue weighted by atomic mass is 10.1. The maximum absolute atomic E-state index is 11.4. The molecule has 0 amide bonds. The van der Waals surface area contributed by atoms with E-state index in [1.165, 1.54) is 5.56 Å². The van der Waals surface area contributed by atoms with Crippen molar-refractivity contribution in [2.45, 2.75) is 25.9 Å². The van der Waals surface area contributed by atoms with E-state index in [0.29, 0.717) is 5.57 Å². The van der Waals surface area contributed by atoms with Gasteiger partial charge in [0.1, 0.15) is 11.9 Å². The predicted octanol–water partition coefficient (Wildman–Crippen LogP) is 4.83. The summed E-state index contributed by atoms with van der Waals surface area (Å²) in [5.41, 5.74) is 3.67. The van der Waals surface area contributed by atoms with Crippen molar-refractivity contribution in [1.29, 1.82) is 0 Å². The first-order chi connectivity index (χ1) is 11.5. The lowest BCUT2D eigenvalue weighted by molar-refractivity contribution is -0.144. The summed E-state index contributed by atoms with van der Waals surface area (Å²) in [5, 5.41) is 9.04. The number of carbonyl (C=O) groups excluding carboxylic acids is 1. The molecule has 0 aliphatic heterocycles. The number of ether oxygens (including phenoxy) is 1. The lowest BCUT2D eigenvalue weighted by Gasteiger charge is -2.12. The van der Waals surface area contributed by atoms with Crippen LogP contribution in [0.5, 0.6) is 5.75 Å². The van der Waals surface area contributed by atoms with Gasteiger partial charge in [0.15, 0.2) is 0 Å². The standard InChI is InChI=1S/C13H14O2.C8H8O/c1-9(2)13(14)15-12-8-7-10-5-3-4-6-11(10)12;1-2-7-5-3-4-6-8(7)9/h3-6,12H,1,7-8H2,2H3;2-6,9H,1H2. The molecule has 124 valence electrons. The number of phenolic OH excluding ortho intramolecular Hbond substituents is 1. The third-order valence-electron chi connectivity index (χ3n) is 3.83. The molecule has 0 radical (unpaired) electrons. The van der Waals surface area contributed by atoms with Gasteiger partial charge >= 0.3 is 5.97 Å². The SMILES string of the molecule is C=C(C)C(=O)OC1CCc2ccccc21.C=Cc1ccccc1O. The van der Waals surface area contributed by atoms with Crippen LogP contribution in [-0.2, 0) is 16.0 Å². The Morgan fingerprint density at radius 2 is 1.88 bits per heavy atom. The Kier molecular flexibility index (Phi) is 5.96. The van der Waals surface area contributed by atoms with Crippen LogP contribution in [0.3, 0.4) is 0 Å². The van der Waals surface area contributed by atoms with Crippen molar-refractivity contribution in [2.24, 2.45) is 0 Å². The van der Waals surface area contributed by atoms with E-state index in [0.717, 1.165) is 24.0 Å². The lowest BCUT2D eigenvalue weighted by Crippen LogP contribution is -2.09. The highest BCUT2D eigenvalue weighted by atomic mass is 16.5. The molecule has 0 saturated carbocycles. The number of carbonyl (C=O) groups is 1. The van der Waals surface area contributed by atoms with E-state index in [1.54, 1.807) is 25.1 Å². The van der Waals surface area contributed by atoms with Gasteiger partial charge in [0.05, 0.1) is 0 Å². The van der Waals surface area contributed by atoms with Crippen LogP contribution < -0.4 is 0 Å². The molecule has 0 fully saturated rings. The molecule has 0 bridgehead atoms. The average molecular weight is 322 g/mol. The van der Waals surface area contributed by atoms with Gasteiger partial charge in [0.2, 0.25) is 0 Å². The van der Waals surface area contributed by atoms with Crippen LogP contribution in [0, 0.1) is 0 Å². The van der Waals surface area contributed by atoms with Gasteiger partial charge in [-0.25, -0.2) is 4.79 Å². The molecular formula is C21H22O3. The molecule has 0 aromatic heterocycles. The number of para-hydroxylation sites is 1. The zero-order valence-corrected chi connectivity index (χ0v) is 13.9. The van der Waals surface area contributed by atoms with Gasteiger partial charge in [-0.05, 0) is 37.0 Å².